The lowest BCUT2D eigenvalue weighted by molar-refractivity contribution is 0.111. The van der Waals surface area contributed by atoms with E-state index >= 15 is 0 Å². The number of ether oxygens (including phenoxy) is 1. The topological polar surface area (TPSA) is 42.1 Å². The summed E-state index contributed by atoms with van der Waals surface area (Å²) in [5.74, 6) is 0.647. The number of hydrogen-bond donors (Lipinski definition) is 1. The summed E-state index contributed by atoms with van der Waals surface area (Å²) in [5, 5.41) is 1.51. The van der Waals surface area contributed by atoms with E-state index in [-0.39, 0.29) is 0 Å². The molecule has 15 heavy (non-hydrogen) atoms. The molecule has 0 amide bonds. The van der Waals surface area contributed by atoms with E-state index in [9.17, 15) is 4.79 Å². The van der Waals surface area contributed by atoms with Gasteiger partial charge >= 0.3 is 0 Å². The number of carbonyl (C=O) groups is 1. The number of aryl methyl sites for hydroxylation is 1. The molecule has 0 aliphatic heterocycles. The number of methoxy groups -OCH3 is 1. The number of carbonyl (C=O) groups excluding carboxylic acids is 1. The van der Waals surface area contributed by atoms with Crippen molar-refractivity contribution in [3.8, 4) is 5.75 Å². The molecule has 0 bridgehead atoms. The molecule has 2 rings (SSSR count). The Hall–Kier alpha value is -1.48. The van der Waals surface area contributed by atoms with Gasteiger partial charge in [-0.15, -0.1) is 0 Å². The van der Waals surface area contributed by atoms with Gasteiger partial charge in [0.15, 0.2) is 6.29 Å². The van der Waals surface area contributed by atoms with Crippen molar-refractivity contribution in [2.45, 2.75) is 6.92 Å². The van der Waals surface area contributed by atoms with Crippen molar-refractivity contribution in [3.05, 3.63) is 28.4 Å². The van der Waals surface area contributed by atoms with Crippen LogP contribution in [0, 0.1) is 6.92 Å². The lowest BCUT2D eigenvalue weighted by Crippen LogP contribution is -1.84. The zero-order valence-electron chi connectivity index (χ0n) is 8.43. The smallest absolute Gasteiger partial charge is 0.166 e. The standard InChI is InChI=1S/C11H10ClNO2/c1-6-8-3-7(12)4-10(15-2)11(8)13-9(6)5-14/h3-5,13H,1-2H3. The third-order valence-corrected chi connectivity index (χ3v) is 2.69. The van der Waals surface area contributed by atoms with Crippen LogP contribution in [-0.2, 0) is 0 Å². The molecule has 4 heteroatoms. The van der Waals surface area contributed by atoms with E-state index in [0.29, 0.717) is 16.5 Å². The Labute approximate surface area is 92.0 Å². The van der Waals surface area contributed by atoms with E-state index in [1.54, 1.807) is 13.2 Å². The van der Waals surface area contributed by atoms with Crippen LogP contribution < -0.4 is 4.74 Å². The minimum Gasteiger partial charge on any atom is -0.495 e. The fourth-order valence-electron chi connectivity index (χ4n) is 1.66. The van der Waals surface area contributed by atoms with Gasteiger partial charge in [-0.2, -0.15) is 0 Å². The molecule has 1 N–H and O–H groups in total. The van der Waals surface area contributed by atoms with Crippen LogP contribution in [0.3, 0.4) is 0 Å². The second kappa shape index (κ2) is 3.59. The molecular weight excluding hydrogens is 214 g/mol. The molecule has 1 heterocycles. The molecule has 0 atom stereocenters. The maximum Gasteiger partial charge on any atom is 0.166 e. The normalized spacial score (nSPS) is 10.6. The van der Waals surface area contributed by atoms with Gasteiger partial charge in [-0.3, -0.25) is 4.79 Å². The molecule has 1 aromatic carbocycles. The Morgan fingerprint density at radius 2 is 2.20 bits per heavy atom. The molecule has 0 spiro atoms. The monoisotopic (exact) mass is 223 g/mol. The highest BCUT2D eigenvalue weighted by Gasteiger charge is 2.11. The highest BCUT2D eigenvalue weighted by Crippen LogP contribution is 2.32. The Balaban J connectivity index is 2.87. The van der Waals surface area contributed by atoms with Gasteiger partial charge in [-0.25, -0.2) is 0 Å². The van der Waals surface area contributed by atoms with Crippen LogP contribution in [0.4, 0.5) is 0 Å². The van der Waals surface area contributed by atoms with Gasteiger partial charge in [0, 0.05) is 16.5 Å². The van der Waals surface area contributed by atoms with E-state index in [2.05, 4.69) is 4.98 Å². The molecule has 0 saturated heterocycles. The Morgan fingerprint density at radius 3 is 2.80 bits per heavy atom. The molecule has 0 radical (unpaired) electrons. The molecule has 0 aliphatic rings. The molecule has 2 aromatic rings. The first-order chi connectivity index (χ1) is 7.17. The Bertz CT molecular complexity index is 531. The van der Waals surface area contributed by atoms with E-state index in [4.69, 9.17) is 16.3 Å². The van der Waals surface area contributed by atoms with E-state index in [1.165, 1.54) is 0 Å². The van der Waals surface area contributed by atoms with Gasteiger partial charge in [0.1, 0.15) is 5.75 Å². The van der Waals surface area contributed by atoms with Crippen molar-refractivity contribution in [2.24, 2.45) is 0 Å². The maximum atomic E-state index is 10.8. The number of aromatic amines is 1. The molecule has 0 aliphatic carbocycles. The number of hydrogen-bond acceptors (Lipinski definition) is 2. The first-order valence-electron chi connectivity index (χ1n) is 4.48. The number of aldehydes is 1. The van der Waals surface area contributed by atoms with Crippen LogP contribution in [0.2, 0.25) is 5.02 Å². The number of fused-ring (bicyclic) bond motifs is 1. The first-order valence-corrected chi connectivity index (χ1v) is 4.86. The minimum absolute atomic E-state index is 0.561. The summed E-state index contributed by atoms with van der Waals surface area (Å²) in [7, 11) is 1.57. The van der Waals surface area contributed by atoms with Gasteiger partial charge in [-0.1, -0.05) is 11.6 Å². The molecule has 0 unspecified atom stereocenters. The van der Waals surface area contributed by atoms with Crippen molar-refractivity contribution >= 4 is 28.8 Å². The van der Waals surface area contributed by atoms with Crippen LogP contribution in [0.25, 0.3) is 10.9 Å². The predicted molar refractivity (Wildman–Crippen MR) is 60.0 cm³/mol. The van der Waals surface area contributed by atoms with Crippen LogP contribution in [0.15, 0.2) is 12.1 Å². The first kappa shape index (κ1) is 10.1. The van der Waals surface area contributed by atoms with Gasteiger partial charge < -0.3 is 9.72 Å². The summed E-state index contributed by atoms with van der Waals surface area (Å²) >= 11 is 5.94. The molecule has 3 nitrogen and oxygen atoms in total. The summed E-state index contributed by atoms with van der Waals surface area (Å²) in [6.45, 7) is 1.87. The van der Waals surface area contributed by atoms with E-state index in [1.807, 2.05) is 13.0 Å². The van der Waals surface area contributed by atoms with Crippen LogP contribution >= 0.6 is 11.6 Å². The van der Waals surface area contributed by atoms with Gasteiger partial charge in [0.25, 0.3) is 0 Å². The van der Waals surface area contributed by atoms with Crippen LogP contribution in [0.1, 0.15) is 16.1 Å². The fraction of sp³-hybridized carbons (Fsp3) is 0.182. The quantitative estimate of drug-likeness (QED) is 0.796. The largest absolute Gasteiger partial charge is 0.495 e. The predicted octanol–water partition coefficient (Wildman–Crippen LogP) is 2.95. The highest BCUT2D eigenvalue weighted by molar-refractivity contribution is 6.31. The van der Waals surface area contributed by atoms with E-state index in [0.717, 1.165) is 22.8 Å². The summed E-state index contributed by atoms with van der Waals surface area (Å²) in [5.41, 5.74) is 2.26. The summed E-state index contributed by atoms with van der Waals surface area (Å²) in [6.07, 6.45) is 0.794. The number of rotatable bonds is 2. The fourth-order valence-corrected chi connectivity index (χ4v) is 1.87. The van der Waals surface area contributed by atoms with E-state index < -0.39 is 0 Å². The maximum absolute atomic E-state index is 10.8. The van der Waals surface area contributed by atoms with Crippen LogP contribution in [0.5, 0.6) is 5.75 Å². The van der Waals surface area contributed by atoms with Gasteiger partial charge in [-0.05, 0) is 18.6 Å². The third kappa shape index (κ3) is 1.49. The molecule has 78 valence electrons. The van der Waals surface area contributed by atoms with Gasteiger partial charge in [0.05, 0.1) is 18.3 Å². The Morgan fingerprint density at radius 1 is 1.47 bits per heavy atom. The lowest BCUT2D eigenvalue weighted by Gasteiger charge is -2.02. The minimum atomic E-state index is 0.561. The van der Waals surface area contributed by atoms with Crippen molar-refractivity contribution in [1.82, 2.24) is 4.98 Å². The molecule has 0 saturated carbocycles. The second-order valence-corrected chi connectivity index (χ2v) is 3.75. The summed E-state index contributed by atoms with van der Waals surface area (Å²) in [4.78, 5) is 13.8. The average Bonchev–Trinajstić information content (AvgIpc) is 2.55. The van der Waals surface area contributed by atoms with Crippen molar-refractivity contribution in [3.63, 3.8) is 0 Å². The Kier molecular flexibility index (Phi) is 2.40. The molecule has 1 aromatic heterocycles. The third-order valence-electron chi connectivity index (χ3n) is 2.47. The lowest BCUT2D eigenvalue weighted by atomic mass is 10.1. The zero-order chi connectivity index (χ0) is 11.0. The molecular formula is C11H10ClNO2. The highest BCUT2D eigenvalue weighted by atomic mass is 35.5. The van der Waals surface area contributed by atoms with Crippen molar-refractivity contribution in [1.29, 1.82) is 0 Å². The van der Waals surface area contributed by atoms with Crippen LogP contribution in [-0.4, -0.2) is 18.4 Å². The number of benzene rings is 1. The zero-order valence-corrected chi connectivity index (χ0v) is 9.18. The number of aromatic nitrogens is 1. The summed E-state index contributed by atoms with van der Waals surface area (Å²) < 4.78 is 5.19. The van der Waals surface area contributed by atoms with Crippen molar-refractivity contribution < 1.29 is 9.53 Å². The number of halogens is 1. The average molecular weight is 224 g/mol. The second-order valence-electron chi connectivity index (χ2n) is 3.31. The number of nitrogens with one attached hydrogen (secondary N) is 1. The SMILES string of the molecule is COc1cc(Cl)cc2c(C)c(C=O)[nH]c12. The number of H-pyrrole nitrogens is 1. The summed E-state index contributed by atoms with van der Waals surface area (Å²) in [6, 6.07) is 3.53. The van der Waals surface area contributed by atoms with Crippen molar-refractivity contribution in [2.75, 3.05) is 7.11 Å². The molecule has 0 fully saturated rings. The van der Waals surface area contributed by atoms with Gasteiger partial charge in [0.2, 0.25) is 0 Å².